The lowest BCUT2D eigenvalue weighted by molar-refractivity contribution is -0.123. The van der Waals surface area contributed by atoms with Gasteiger partial charge in [-0.2, -0.15) is 0 Å². The van der Waals surface area contributed by atoms with E-state index in [-0.39, 0.29) is 11.9 Å². The van der Waals surface area contributed by atoms with E-state index in [1.165, 1.54) is 32.1 Å². The largest absolute Gasteiger partial charge is 0.355 e. The Morgan fingerprint density at radius 3 is 2.92 bits per heavy atom. The van der Waals surface area contributed by atoms with Gasteiger partial charge in [0.25, 0.3) is 0 Å². The number of amides is 1. The van der Waals surface area contributed by atoms with Crippen molar-refractivity contribution < 1.29 is 4.79 Å². The molecule has 4 rings (SSSR count). The van der Waals surface area contributed by atoms with Crippen molar-refractivity contribution in [2.75, 3.05) is 19.6 Å². The number of rotatable bonds is 5. The Bertz CT molecular complexity index is 723. The second-order valence-electron chi connectivity index (χ2n) is 7.45. The van der Waals surface area contributed by atoms with Crippen molar-refractivity contribution in [3.05, 3.63) is 47.8 Å². The van der Waals surface area contributed by atoms with Crippen LogP contribution in [0.4, 0.5) is 0 Å². The Labute approximate surface area is 154 Å². The molecule has 1 aliphatic carbocycles. The number of hydrogen-bond acceptors (Lipinski definition) is 4. The summed E-state index contributed by atoms with van der Waals surface area (Å²) in [6.07, 6.45) is 10.9. The van der Waals surface area contributed by atoms with Gasteiger partial charge in [-0.3, -0.25) is 14.7 Å². The molecule has 2 aliphatic rings. The van der Waals surface area contributed by atoms with E-state index >= 15 is 0 Å². The van der Waals surface area contributed by atoms with E-state index in [1.54, 1.807) is 12.5 Å². The zero-order valence-electron chi connectivity index (χ0n) is 15.2. The van der Waals surface area contributed by atoms with E-state index in [2.05, 4.69) is 25.2 Å². The van der Waals surface area contributed by atoms with Crippen LogP contribution in [0.5, 0.6) is 0 Å². The highest BCUT2D eigenvalue weighted by molar-refractivity contribution is 5.78. The fourth-order valence-electron chi connectivity index (χ4n) is 4.25. The molecule has 138 valence electrons. The molecule has 2 N–H and O–H groups in total. The fourth-order valence-corrected chi connectivity index (χ4v) is 4.25. The summed E-state index contributed by atoms with van der Waals surface area (Å²) in [4.78, 5) is 27.1. The van der Waals surface area contributed by atoms with Crippen molar-refractivity contribution in [3.8, 4) is 0 Å². The minimum absolute atomic E-state index is 0.0633. The maximum atomic E-state index is 12.6. The highest BCUT2D eigenvalue weighted by Crippen LogP contribution is 2.31. The summed E-state index contributed by atoms with van der Waals surface area (Å²) in [6, 6.07) is 5.86. The van der Waals surface area contributed by atoms with E-state index in [4.69, 9.17) is 0 Å². The topological polar surface area (TPSA) is 73.9 Å². The number of nitrogens with zero attached hydrogens (tertiary/aromatic N) is 3. The number of carbonyl (C=O) groups is 1. The smallest absolute Gasteiger partial charge is 0.234 e. The number of nitrogens with one attached hydrogen (secondary N) is 2. The van der Waals surface area contributed by atoms with Crippen molar-refractivity contribution >= 4 is 5.91 Å². The molecule has 1 fully saturated rings. The van der Waals surface area contributed by atoms with Crippen LogP contribution in [-0.4, -0.2) is 45.4 Å². The monoisotopic (exact) mass is 353 g/mol. The van der Waals surface area contributed by atoms with Gasteiger partial charge in [0.2, 0.25) is 5.91 Å². The SMILES string of the molecule is O=C(CN1CCc2[nH]cnc2C1c1ccccn1)NCC1CCCCC1. The first-order valence-electron chi connectivity index (χ1n) is 9.75. The Kier molecular flexibility index (Phi) is 5.29. The molecule has 3 heterocycles. The third kappa shape index (κ3) is 3.80. The molecule has 0 aromatic carbocycles. The van der Waals surface area contributed by atoms with Gasteiger partial charge in [-0.05, 0) is 30.9 Å². The number of aromatic nitrogens is 3. The molecule has 0 saturated heterocycles. The molecule has 0 radical (unpaired) electrons. The van der Waals surface area contributed by atoms with Gasteiger partial charge in [0.15, 0.2) is 0 Å². The Morgan fingerprint density at radius 2 is 2.12 bits per heavy atom. The Hall–Kier alpha value is -2.21. The molecular formula is C20H27N5O. The zero-order valence-corrected chi connectivity index (χ0v) is 15.2. The van der Waals surface area contributed by atoms with Crippen molar-refractivity contribution in [2.24, 2.45) is 5.92 Å². The van der Waals surface area contributed by atoms with Crippen LogP contribution in [0.1, 0.15) is 55.2 Å². The van der Waals surface area contributed by atoms with Crippen LogP contribution in [0.2, 0.25) is 0 Å². The molecule has 1 atom stereocenters. The van der Waals surface area contributed by atoms with Gasteiger partial charge in [0.1, 0.15) is 0 Å². The highest BCUT2D eigenvalue weighted by atomic mass is 16.2. The molecule has 0 bridgehead atoms. The second-order valence-corrected chi connectivity index (χ2v) is 7.45. The summed E-state index contributed by atoms with van der Waals surface area (Å²) < 4.78 is 0. The molecule has 1 saturated carbocycles. The highest BCUT2D eigenvalue weighted by Gasteiger charge is 2.32. The molecule has 6 nitrogen and oxygen atoms in total. The molecule has 1 amide bonds. The van der Waals surface area contributed by atoms with Gasteiger partial charge in [-0.1, -0.05) is 25.3 Å². The molecule has 26 heavy (non-hydrogen) atoms. The summed E-state index contributed by atoms with van der Waals surface area (Å²) >= 11 is 0. The predicted molar refractivity (Wildman–Crippen MR) is 99.5 cm³/mol. The van der Waals surface area contributed by atoms with Gasteiger partial charge in [-0.15, -0.1) is 0 Å². The summed E-state index contributed by atoms with van der Waals surface area (Å²) in [5, 5.41) is 3.16. The predicted octanol–water partition coefficient (Wildman–Crippen LogP) is 2.45. The third-order valence-corrected chi connectivity index (χ3v) is 5.65. The van der Waals surface area contributed by atoms with E-state index in [0.29, 0.717) is 12.5 Å². The molecular weight excluding hydrogens is 326 g/mol. The van der Waals surface area contributed by atoms with Gasteiger partial charge in [0.05, 0.1) is 30.3 Å². The maximum Gasteiger partial charge on any atom is 0.234 e. The first-order chi connectivity index (χ1) is 12.8. The number of imidazole rings is 1. The molecule has 2 aromatic rings. The van der Waals surface area contributed by atoms with E-state index in [9.17, 15) is 4.79 Å². The summed E-state index contributed by atoms with van der Waals surface area (Å²) in [5.74, 6) is 0.758. The lowest BCUT2D eigenvalue weighted by Crippen LogP contribution is -2.44. The molecule has 0 spiro atoms. The average molecular weight is 353 g/mol. The van der Waals surface area contributed by atoms with Crippen LogP contribution in [0.3, 0.4) is 0 Å². The molecule has 2 aromatic heterocycles. The van der Waals surface area contributed by atoms with Gasteiger partial charge >= 0.3 is 0 Å². The van der Waals surface area contributed by atoms with Crippen molar-refractivity contribution in [2.45, 2.75) is 44.6 Å². The van der Waals surface area contributed by atoms with Gasteiger partial charge < -0.3 is 10.3 Å². The van der Waals surface area contributed by atoms with Crippen molar-refractivity contribution in [1.29, 1.82) is 0 Å². The fraction of sp³-hybridized carbons (Fsp3) is 0.550. The van der Waals surface area contributed by atoms with Crippen LogP contribution < -0.4 is 5.32 Å². The zero-order chi connectivity index (χ0) is 17.8. The lowest BCUT2D eigenvalue weighted by Gasteiger charge is -2.34. The lowest BCUT2D eigenvalue weighted by atomic mass is 9.89. The van der Waals surface area contributed by atoms with Gasteiger partial charge in [-0.25, -0.2) is 4.98 Å². The van der Waals surface area contributed by atoms with E-state index in [1.807, 2.05) is 18.2 Å². The molecule has 6 heteroatoms. The maximum absolute atomic E-state index is 12.6. The number of hydrogen-bond donors (Lipinski definition) is 2. The molecule has 1 unspecified atom stereocenters. The Morgan fingerprint density at radius 1 is 1.23 bits per heavy atom. The van der Waals surface area contributed by atoms with E-state index in [0.717, 1.165) is 36.6 Å². The van der Waals surface area contributed by atoms with Crippen molar-refractivity contribution in [3.63, 3.8) is 0 Å². The number of pyridine rings is 1. The number of fused-ring (bicyclic) bond motifs is 1. The number of H-pyrrole nitrogens is 1. The normalized spacial score (nSPS) is 21.3. The third-order valence-electron chi connectivity index (χ3n) is 5.65. The minimum Gasteiger partial charge on any atom is -0.355 e. The van der Waals surface area contributed by atoms with Crippen LogP contribution in [0.15, 0.2) is 30.7 Å². The number of aromatic amines is 1. The summed E-state index contributed by atoms with van der Waals surface area (Å²) in [6.45, 7) is 2.03. The number of carbonyl (C=O) groups excluding carboxylic acids is 1. The second kappa shape index (κ2) is 7.99. The first kappa shape index (κ1) is 17.2. The van der Waals surface area contributed by atoms with Crippen LogP contribution in [0.25, 0.3) is 0 Å². The van der Waals surface area contributed by atoms with Crippen molar-refractivity contribution in [1.82, 2.24) is 25.2 Å². The Balaban J connectivity index is 1.43. The minimum atomic E-state index is -0.0633. The van der Waals surface area contributed by atoms with Crippen LogP contribution in [0, 0.1) is 5.92 Å². The van der Waals surface area contributed by atoms with E-state index < -0.39 is 0 Å². The van der Waals surface area contributed by atoms with Crippen LogP contribution in [-0.2, 0) is 11.2 Å². The summed E-state index contributed by atoms with van der Waals surface area (Å²) in [5.41, 5.74) is 3.09. The molecule has 1 aliphatic heterocycles. The average Bonchev–Trinajstić information content (AvgIpc) is 3.16. The van der Waals surface area contributed by atoms with Gasteiger partial charge in [0, 0.05) is 31.4 Å². The quantitative estimate of drug-likeness (QED) is 0.866. The standard InChI is InChI=1S/C20H27N5O/c26-18(22-12-15-6-2-1-3-7-15)13-25-11-9-16-19(24-14-23-16)20(25)17-8-4-5-10-21-17/h4-5,8,10,14-15,20H,1-3,6-7,9,11-13H2,(H,22,26)(H,23,24). The van der Waals surface area contributed by atoms with Crippen LogP contribution >= 0.6 is 0 Å². The summed E-state index contributed by atoms with van der Waals surface area (Å²) in [7, 11) is 0. The first-order valence-corrected chi connectivity index (χ1v) is 9.75.